The lowest BCUT2D eigenvalue weighted by atomic mass is 10.2. The van der Waals surface area contributed by atoms with Crippen LogP contribution in [-0.4, -0.2) is 29.8 Å². The van der Waals surface area contributed by atoms with Gasteiger partial charge in [-0.3, -0.25) is 9.36 Å². The number of hydrogen-bond acceptors (Lipinski definition) is 4. The van der Waals surface area contributed by atoms with Crippen LogP contribution in [0.3, 0.4) is 0 Å². The molecule has 0 aliphatic carbocycles. The third-order valence-electron chi connectivity index (χ3n) is 3.47. The first-order valence-electron chi connectivity index (χ1n) is 6.18. The van der Waals surface area contributed by atoms with Crippen LogP contribution in [-0.2, 0) is 0 Å². The molecule has 0 saturated carbocycles. The summed E-state index contributed by atoms with van der Waals surface area (Å²) in [6.07, 6.45) is 0.886. The van der Waals surface area contributed by atoms with Crippen LogP contribution < -0.4 is 15.6 Å². The predicted molar refractivity (Wildman–Crippen MR) is 74.1 cm³/mol. The first kappa shape index (κ1) is 12.4. The second kappa shape index (κ2) is 4.83. The first-order valence-corrected chi connectivity index (χ1v) is 6.55. The molecule has 6 heteroatoms. The topological polar surface area (TPSA) is 56.1 Å². The average molecular weight is 280 g/mol. The second-order valence-electron chi connectivity index (χ2n) is 4.56. The van der Waals surface area contributed by atoms with Gasteiger partial charge in [-0.05, 0) is 36.7 Å². The fourth-order valence-corrected chi connectivity index (χ4v) is 2.81. The van der Waals surface area contributed by atoms with Crippen molar-refractivity contribution in [2.75, 3.05) is 20.2 Å². The van der Waals surface area contributed by atoms with Gasteiger partial charge in [0.2, 0.25) is 5.28 Å². The Morgan fingerprint density at radius 3 is 3.05 bits per heavy atom. The summed E-state index contributed by atoms with van der Waals surface area (Å²) in [6, 6.07) is 5.38. The Kier molecular flexibility index (Phi) is 3.16. The summed E-state index contributed by atoms with van der Waals surface area (Å²) in [4.78, 5) is 16.9. The van der Waals surface area contributed by atoms with Gasteiger partial charge in [0.05, 0.1) is 18.5 Å². The van der Waals surface area contributed by atoms with Crippen LogP contribution >= 0.6 is 11.6 Å². The fraction of sp³-hybridized carbons (Fsp3) is 0.385. The molecule has 1 atom stereocenters. The van der Waals surface area contributed by atoms with E-state index >= 15 is 0 Å². The quantitative estimate of drug-likeness (QED) is 0.849. The minimum absolute atomic E-state index is 0.0723. The number of benzene rings is 1. The molecule has 1 aromatic heterocycles. The molecule has 5 nitrogen and oxygen atoms in total. The smallest absolute Gasteiger partial charge is 0.262 e. The van der Waals surface area contributed by atoms with Crippen molar-refractivity contribution in [2.45, 2.75) is 12.5 Å². The Morgan fingerprint density at radius 2 is 2.37 bits per heavy atom. The highest BCUT2D eigenvalue weighted by Crippen LogP contribution is 2.25. The van der Waals surface area contributed by atoms with Gasteiger partial charge in [-0.1, -0.05) is 6.07 Å². The zero-order valence-corrected chi connectivity index (χ0v) is 11.3. The first-order chi connectivity index (χ1) is 9.22. The molecule has 1 saturated heterocycles. The van der Waals surface area contributed by atoms with Crippen LogP contribution in [0.15, 0.2) is 23.0 Å². The number of halogens is 1. The van der Waals surface area contributed by atoms with Gasteiger partial charge in [0.1, 0.15) is 11.3 Å². The minimum atomic E-state index is -0.109. The van der Waals surface area contributed by atoms with E-state index < -0.39 is 0 Å². The molecule has 0 amide bonds. The molecule has 3 rings (SSSR count). The van der Waals surface area contributed by atoms with Gasteiger partial charge in [0.15, 0.2) is 0 Å². The highest BCUT2D eigenvalue weighted by molar-refractivity contribution is 6.28. The summed E-state index contributed by atoms with van der Waals surface area (Å²) >= 11 is 6.19. The van der Waals surface area contributed by atoms with Crippen molar-refractivity contribution < 1.29 is 4.74 Å². The van der Waals surface area contributed by atoms with Crippen LogP contribution in [0.4, 0.5) is 0 Å². The highest BCUT2D eigenvalue weighted by Gasteiger charge is 2.22. The number of rotatable bonds is 2. The molecule has 0 radical (unpaired) electrons. The van der Waals surface area contributed by atoms with Gasteiger partial charge >= 0.3 is 0 Å². The number of para-hydroxylation sites is 1. The van der Waals surface area contributed by atoms with Gasteiger partial charge in [-0.2, -0.15) is 0 Å². The van der Waals surface area contributed by atoms with Crippen molar-refractivity contribution in [1.82, 2.24) is 14.9 Å². The molecular formula is C13H14ClN3O2. The number of fused-ring (bicyclic) bond motifs is 1. The normalized spacial score (nSPS) is 18.9. The van der Waals surface area contributed by atoms with Crippen LogP contribution in [0.1, 0.15) is 12.5 Å². The van der Waals surface area contributed by atoms with E-state index in [4.69, 9.17) is 16.3 Å². The van der Waals surface area contributed by atoms with Crippen molar-refractivity contribution >= 4 is 22.5 Å². The summed E-state index contributed by atoms with van der Waals surface area (Å²) in [7, 11) is 1.55. The van der Waals surface area contributed by atoms with Gasteiger partial charge in [0, 0.05) is 6.54 Å². The van der Waals surface area contributed by atoms with E-state index in [1.807, 2.05) is 0 Å². The number of nitrogens with zero attached hydrogens (tertiary/aromatic N) is 2. The van der Waals surface area contributed by atoms with Crippen molar-refractivity contribution in [3.63, 3.8) is 0 Å². The van der Waals surface area contributed by atoms with Gasteiger partial charge < -0.3 is 10.1 Å². The van der Waals surface area contributed by atoms with E-state index in [1.165, 1.54) is 0 Å². The molecule has 2 heterocycles. The molecule has 1 fully saturated rings. The standard InChI is InChI=1S/C13H14ClN3O2/c1-19-10-4-2-3-9-11(10)16-13(14)17(12(9)18)8-5-6-15-7-8/h2-4,8,15H,5-7H2,1H3. The zero-order chi connectivity index (χ0) is 13.4. The van der Waals surface area contributed by atoms with Crippen molar-refractivity contribution in [3.8, 4) is 5.75 Å². The monoisotopic (exact) mass is 279 g/mol. The largest absolute Gasteiger partial charge is 0.494 e. The molecule has 1 aliphatic heterocycles. The van der Waals surface area contributed by atoms with Crippen LogP contribution in [0.25, 0.3) is 10.9 Å². The maximum Gasteiger partial charge on any atom is 0.262 e. The SMILES string of the molecule is COc1cccc2c(=O)n(C3CCNC3)c(Cl)nc12. The van der Waals surface area contributed by atoms with Crippen LogP contribution in [0.2, 0.25) is 5.28 Å². The molecule has 1 unspecified atom stereocenters. The maximum absolute atomic E-state index is 12.6. The Labute approximate surface area is 115 Å². The molecule has 0 spiro atoms. The van der Waals surface area contributed by atoms with Crippen LogP contribution in [0.5, 0.6) is 5.75 Å². The van der Waals surface area contributed by atoms with E-state index in [0.717, 1.165) is 19.5 Å². The lowest BCUT2D eigenvalue weighted by Crippen LogP contribution is -2.28. The second-order valence-corrected chi connectivity index (χ2v) is 4.90. The van der Waals surface area contributed by atoms with E-state index in [9.17, 15) is 4.79 Å². The third kappa shape index (κ3) is 1.99. The number of methoxy groups -OCH3 is 1. The average Bonchev–Trinajstić information content (AvgIpc) is 2.92. The summed E-state index contributed by atoms with van der Waals surface area (Å²) in [5.41, 5.74) is 0.407. The predicted octanol–water partition coefficient (Wildman–Crippen LogP) is 1.59. The van der Waals surface area contributed by atoms with Gasteiger partial charge in [-0.15, -0.1) is 0 Å². The number of ether oxygens (including phenoxy) is 1. The molecule has 1 aliphatic rings. The van der Waals surface area contributed by atoms with Crippen molar-refractivity contribution in [3.05, 3.63) is 33.8 Å². The number of hydrogen-bond donors (Lipinski definition) is 1. The Hall–Kier alpha value is -1.59. The molecule has 2 aromatic rings. The summed E-state index contributed by atoms with van der Waals surface area (Å²) in [5, 5.41) is 3.98. The van der Waals surface area contributed by atoms with E-state index in [2.05, 4.69) is 10.3 Å². The maximum atomic E-state index is 12.6. The van der Waals surface area contributed by atoms with Gasteiger partial charge in [0.25, 0.3) is 5.56 Å². The number of aromatic nitrogens is 2. The van der Waals surface area contributed by atoms with E-state index in [-0.39, 0.29) is 16.9 Å². The molecule has 0 bridgehead atoms. The zero-order valence-electron chi connectivity index (χ0n) is 10.5. The lowest BCUT2D eigenvalue weighted by molar-refractivity contribution is 0.418. The Morgan fingerprint density at radius 1 is 1.53 bits per heavy atom. The Balaban J connectivity index is 2.28. The molecule has 100 valence electrons. The molecule has 1 aromatic carbocycles. The summed E-state index contributed by atoms with van der Waals surface area (Å²) in [6.45, 7) is 1.64. The molecule has 19 heavy (non-hydrogen) atoms. The summed E-state index contributed by atoms with van der Waals surface area (Å²) < 4.78 is 6.79. The van der Waals surface area contributed by atoms with E-state index in [0.29, 0.717) is 16.7 Å². The minimum Gasteiger partial charge on any atom is -0.494 e. The van der Waals surface area contributed by atoms with Crippen molar-refractivity contribution in [2.24, 2.45) is 0 Å². The van der Waals surface area contributed by atoms with Crippen LogP contribution in [0, 0.1) is 0 Å². The third-order valence-corrected chi connectivity index (χ3v) is 3.74. The van der Waals surface area contributed by atoms with E-state index in [1.54, 1.807) is 29.9 Å². The summed E-state index contributed by atoms with van der Waals surface area (Å²) in [5.74, 6) is 0.563. The molecular weight excluding hydrogens is 266 g/mol. The fourth-order valence-electron chi connectivity index (χ4n) is 2.51. The van der Waals surface area contributed by atoms with Gasteiger partial charge in [-0.25, -0.2) is 4.98 Å². The highest BCUT2D eigenvalue weighted by atomic mass is 35.5. The lowest BCUT2D eigenvalue weighted by Gasteiger charge is -2.15. The number of nitrogens with one attached hydrogen (secondary N) is 1. The van der Waals surface area contributed by atoms with Crippen molar-refractivity contribution in [1.29, 1.82) is 0 Å². The Bertz CT molecular complexity index is 677. The molecule has 1 N–H and O–H groups in total.